The number of halogens is 1. The van der Waals surface area contributed by atoms with Gasteiger partial charge >= 0.3 is 0 Å². The molecule has 1 heterocycles. The van der Waals surface area contributed by atoms with Crippen LogP contribution >= 0.6 is 0 Å². The Morgan fingerprint density at radius 2 is 2.28 bits per heavy atom. The molecule has 1 aliphatic heterocycles. The largest absolute Gasteiger partial charge is 0.352 e. The van der Waals surface area contributed by atoms with Crippen molar-refractivity contribution < 1.29 is 9.18 Å². The van der Waals surface area contributed by atoms with Crippen LogP contribution < -0.4 is 10.6 Å². The second-order valence-corrected chi connectivity index (χ2v) is 5.01. The van der Waals surface area contributed by atoms with Crippen molar-refractivity contribution in [3.05, 3.63) is 35.1 Å². The predicted molar refractivity (Wildman–Crippen MR) is 68.5 cm³/mol. The summed E-state index contributed by atoms with van der Waals surface area (Å²) in [5.41, 5.74) is 1.54. The molecule has 98 valence electrons. The van der Waals surface area contributed by atoms with E-state index in [1.165, 1.54) is 6.07 Å². The Hall–Kier alpha value is -1.42. The molecule has 18 heavy (non-hydrogen) atoms. The zero-order valence-electron chi connectivity index (χ0n) is 10.8. The zero-order chi connectivity index (χ0) is 13.1. The van der Waals surface area contributed by atoms with E-state index in [9.17, 15) is 9.18 Å². The third-order valence-corrected chi connectivity index (χ3v) is 3.62. The van der Waals surface area contributed by atoms with Crippen molar-refractivity contribution in [3.63, 3.8) is 0 Å². The fourth-order valence-electron chi connectivity index (χ4n) is 2.05. The summed E-state index contributed by atoms with van der Waals surface area (Å²) in [7, 11) is 0. The lowest BCUT2D eigenvalue weighted by Gasteiger charge is -2.31. The Kier molecular flexibility index (Phi) is 3.97. The Labute approximate surface area is 107 Å². The molecule has 1 saturated heterocycles. The van der Waals surface area contributed by atoms with Crippen LogP contribution in [-0.4, -0.2) is 19.0 Å². The molecule has 1 aromatic rings. The first-order chi connectivity index (χ1) is 8.58. The maximum absolute atomic E-state index is 13.1. The molecular formula is C14H19FN2O. The highest BCUT2D eigenvalue weighted by Crippen LogP contribution is 2.16. The average molecular weight is 250 g/mol. The lowest BCUT2D eigenvalue weighted by atomic mass is 9.88. The van der Waals surface area contributed by atoms with E-state index in [0.29, 0.717) is 18.0 Å². The molecule has 0 radical (unpaired) electrons. The number of aryl methyl sites for hydroxylation is 1. The van der Waals surface area contributed by atoms with Gasteiger partial charge in [-0.1, -0.05) is 19.1 Å². The minimum absolute atomic E-state index is 0.0350. The normalized spacial score (nSPS) is 17.1. The molecule has 1 fully saturated rings. The highest BCUT2D eigenvalue weighted by molar-refractivity contribution is 5.78. The molecule has 0 spiro atoms. The number of carbonyl (C=O) groups is 1. The topological polar surface area (TPSA) is 41.1 Å². The number of carbonyl (C=O) groups excluding carboxylic acids is 1. The van der Waals surface area contributed by atoms with Gasteiger partial charge in [0.2, 0.25) is 5.91 Å². The number of hydrogen-bond donors (Lipinski definition) is 2. The second-order valence-electron chi connectivity index (χ2n) is 5.01. The fourth-order valence-corrected chi connectivity index (χ4v) is 2.05. The third-order valence-electron chi connectivity index (χ3n) is 3.62. The average Bonchev–Trinajstić information content (AvgIpc) is 2.28. The van der Waals surface area contributed by atoms with E-state index in [1.807, 2.05) is 6.92 Å². The molecule has 0 bridgehead atoms. The quantitative estimate of drug-likeness (QED) is 0.852. The lowest BCUT2D eigenvalue weighted by molar-refractivity contribution is -0.126. The number of nitrogens with one attached hydrogen (secondary N) is 2. The summed E-state index contributed by atoms with van der Waals surface area (Å²) in [4.78, 5) is 11.9. The minimum Gasteiger partial charge on any atom is -0.352 e. The lowest BCUT2D eigenvalue weighted by Crippen LogP contribution is -2.49. The Morgan fingerprint density at radius 1 is 1.56 bits per heavy atom. The smallest absolute Gasteiger partial charge is 0.223 e. The summed E-state index contributed by atoms with van der Waals surface area (Å²) in [6.45, 7) is 5.99. The number of benzene rings is 1. The number of amides is 1. The van der Waals surface area contributed by atoms with Gasteiger partial charge in [0.1, 0.15) is 5.82 Å². The van der Waals surface area contributed by atoms with Gasteiger partial charge in [-0.2, -0.15) is 0 Å². The molecule has 0 saturated carbocycles. The molecule has 1 aromatic carbocycles. The van der Waals surface area contributed by atoms with Gasteiger partial charge in [-0.3, -0.25) is 4.79 Å². The summed E-state index contributed by atoms with van der Waals surface area (Å²) in [5, 5.41) is 6.07. The summed E-state index contributed by atoms with van der Waals surface area (Å²) < 4.78 is 13.1. The van der Waals surface area contributed by atoms with Crippen LogP contribution in [0, 0.1) is 24.6 Å². The van der Waals surface area contributed by atoms with Crippen molar-refractivity contribution in [3.8, 4) is 0 Å². The second kappa shape index (κ2) is 5.48. The predicted octanol–water partition coefficient (Wildman–Crippen LogP) is 1.61. The number of rotatable bonds is 4. The van der Waals surface area contributed by atoms with Crippen molar-refractivity contribution in [1.82, 2.24) is 10.6 Å². The standard InChI is InChI=1S/C14H19FN2O/c1-9-5-11(3-4-13(9)15)6-17-14(18)10(2)12-7-16-8-12/h3-5,10,12,16H,6-8H2,1-2H3,(H,17,18). The number of hydrogen-bond acceptors (Lipinski definition) is 2. The van der Waals surface area contributed by atoms with E-state index >= 15 is 0 Å². The molecule has 0 aliphatic carbocycles. The Morgan fingerprint density at radius 3 is 2.83 bits per heavy atom. The molecule has 1 aliphatic rings. The summed E-state index contributed by atoms with van der Waals surface area (Å²) in [6, 6.07) is 4.92. The van der Waals surface area contributed by atoms with E-state index in [4.69, 9.17) is 0 Å². The van der Waals surface area contributed by atoms with Crippen LogP contribution in [0.15, 0.2) is 18.2 Å². The molecule has 1 unspecified atom stereocenters. The van der Waals surface area contributed by atoms with Crippen LogP contribution in [0.3, 0.4) is 0 Å². The molecule has 1 atom stereocenters. The zero-order valence-corrected chi connectivity index (χ0v) is 10.8. The monoisotopic (exact) mass is 250 g/mol. The van der Waals surface area contributed by atoms with Crippen molar-refractivity contribution >= 4 is 5.91 Å². The van der Waals surface area contributed by atoms with E-state index in [1.54, 1.807) is 19.1 Å². The summed E-state index contributed by atoms with van der Waals surface area (Å²) in [6.07, 6.45) is 0. The van der Waals surface area contributed by atoms with Gasteiger partial charge in [0.15, 0.2) is 0 Å². The summed E-state index contributed by atoms with van der Waals surface area (Å²) in [5.74, 6) is 0.343. The molecular weight excluding hydrogens is 231 g/mol. The van der Waals surface area contributed by atoms with Gasteiger partial charge in [-0.25, -0.2) is 4.39 Å². The van der Waals surface area contributed by atoms with Gasteiger partial charge in [-0.05, 0) is 43.1 Å². The Bertz CT molecular complexity index is 443. The van der Waals surface area contributed by atoms with E-state index in [2.05, 4.69) is 10.6 Å². The molecule has 2 rings (SSSR count). The van der Waals surface area contributed by atoms with Crippen molar-refractivity contribution in [2.24, 2.45) is 11.8 Å². The van der Waals surface area contributed by atoms with Crippen LogP contribution in [0.25, 0.3) is 0 Å². The van der Waals surface area contributed by atoms with Gasteiger partial charge in [0, 0.05) is 12.5 Å². The molecule has 1 amide bonds. The minimum atomic E-state index is -0.209. The van der Waals surface area contributed by atoms with E-state index in [0.717, 1.165) is 18.7 Å². The Balaban J connectivity index is 1.86. The SMILES string of the molecule is Cc1cc(CNC(=O)C(C)C2CNC2)ccc1F. The van der Waals surface area contributed by atoms with E-state index in [-0.39, 0.29) is 17.6 Å². The van der Waals surface area contributed by atoms with Crippen LogP contribution in [-0.2, 0) is 11.3 Å². The van der Waals surface area contributed by atoms with Crippen LogP contribution in [0.1, 0.15) is 18.1 Å². The maximum atomic E-state index is 13.1. The fraction of sp³-hybridized carbons (Fsp3) is 0.500. The summed E-state index contributed by atoms with van der Waals surface area (Å²) >= 11 is 0. The first-order valence-corrected chi connectivity index (χ1v) is 6.31. The van der Waals surface area contributed by atoms with Crippen molar-refractivity contribution in [2.45, 2.75) is 20.4 Å². The highest BCUT2D eigenvalue weighted by Gasteiger charge is 2.28. The van der Waals surface area contributed by atoms with E-state index < -0.39 is 0 Å². The van der Waals surface area contributed by atoms with Crippen LogP contribution in [0.5, 0.6) is 0 Å². The van der Waals surface area contributed by atoms with Crippen molar-refractivity contribution in [1.29, 1.82) is 0 Å². The molecule has 3 nitrogen and oxygen atoms in total. The highest BCUT2D eigenvalue weighted by atomic mass is 19.1. The first-order valence-electron chi connectivity index (χ1n) is 6.31. The third kappa shape index (κ3) is 2.88. The van der Waals surface area contributed by atoms with Crippen LogP contribution in [0.4, 0.5) is 4.39 Å². The van der Waals surface area contributed by atoms with Crippen molar-refractivity contribution in [2.75, 3.05) is 13.1 Å². The van der Waals surface area contributed by atoms with Gasteiger partial charge in [0.05, 0.1) is 0 Å². The molecule has 2 N–H and O–H groups in total. The first kappa shape index (κ1) is 13.0. The molecule has 4 heteroatoms. The van der Waals surface area contributed by atoms with Gasteiger partial charge in [-0.15, -0.1) is 0 Å². The maximum Gasteiger partial charge on any atom is 0.223 e. The molecule has 0 aromatic heterocycles. The van der Waals surface area contributed by atoms with Crippen LogP contribution in [0.2, 0.25) is 0 Å². The van der Waals surface area contributed by atoms with Gasteiger partial charge in [0.25, 0.3) is 0 Å². The van der Waals surface area contributed by atoms with Gasteiger partial charge < -0.3 is 10.6 Å².